The zero-order valence-electron chi connectivity index (χ0n) is 15.4. The third-order valence-electron chi connectivity index (χ3n) is 5.61. The van der Waals surface area contributed by atoms with Crippen LogP contribution in [-0.4, -0.2) is 59.2 Å². The number of hydrogen-bond acceptors (Lipinski definition) is 5. The molecule has 2 fully saturated rings. The summed E-state index contributed by atoms with van der Waals surface area (Å²) < 4.78 is 5.47. The fourth-order valence-corrected chi connectivity index (χ4v) is 3.96. The minimum absolute atomic E-state index is 0.207. The molecule has 27 heavy (non-hydrogen) atoms. The molecule has 2 saturated heterocycles. The smallest absolute Gasteiger partial charge is 0.222 e. The van der Waals surface area contributed by atoms with E-state index in [-0.39, 0.29) is 5.91 Å². The molecule has 1 aromatic heterocycles. The van der Waals surface area contributed by atoms with Gasteiger partial charge in [-0.2, -0.15) is 10.4 Å². The van der Waals surface area contributed by atoms with Crippen LogP contribution < -0.4 is 4.74 Å². The van der Waals surface area contributed by atoms with Crippen LogP contribution in [0, 0.1) is 17.4 Å². The number of rotatable bonds is 5. The molecule has 0 spiro atoms. The molecule has 7 nitrogen and oxygen atoms in total. The van der Waals surface area contributed by atoms with Gasteiger partial charge in [-0.3, -0.25) is 9.89 Å². The molecule has 0 radical (unpaired) electrons. The maximum absolute atomic E-state index is 12.5. The summed E-state index contributed by atoms with van der Waals surface area (Å²) in [6.45, 7) is 3.00. The number of nitrogens with one attached hydrogen (secondary N) is 1. The zero-order chi connectivity index (χ0) is 18.8. The number of methoxy groups -OCH3 is 1. The first kappa shape index (κ1) is 17.4. The Labute approximate surface area is 158 Å². The Hall–Kier alpha value is -3.01. The summed E-state index contributed by atoms with van der Waals surface area (Å²) in [4.78, 5) is 16.2. The topological polar surface area (TPSA) is 85.2 Å². The molecule has 1 amide bonds. The SMILES string of the molecule is COc1ccc(C2CN(C(=O)CC3CCN(C#N)C3)C2)cc1-c1ccn[nH]1. The highest BCUT2D eigenvalue weighted by Crippen LogP contribution is 2.35. The molecular weight excluding hydrogens is 342 g/mol. The average Bonchev–Trinajstić information content (AvgIpc) is 3.32. The number of nitriles is 1. The Morgan fingerprint density at radius 1 is 1.37 bits per heavy atom. The predicted molar refractivity (Wildman–Crippen MR) is 99.8 cm³/mol. The van der Waals surface area contributed by atoms with Crippen molar-refractivity contribution >= 4 is 5.91 Å². The summed E-state index contributed by atoms with van der Waals surface area (Å²) in [5, 5.41) is 15.9. The molecule has 2 aliphatic heterocycles. The van der Waals surface area contributed by atoms with Crippen molar-refractivity contribution in [3.63, 3.8) is 0 Å². The van der Waals surface area contributed by atoms with Crippen LogP contribution in [0.4, 0.5) is 0 Å². The lowest BCUT2D eigenvalue weighted by atomic mass is 9.89. The second-order valence-corrected chi connectivity index (χ2v) is 7.33. The summed E-state index contributed by atoms with van der Waals surface area (Å²) >= 11 is 0. The van der Waals surface area contributed by atoms with Crippen LogP contribution in [0.1, 0.15) is 24.3 Å². The van der Waals surface area contributed by atoms with Crippen molar-refractivity contribution in [3.05, 3.63) is 36.0 Å². The molecule has 1 unspecified atom stereocenters. The number of ether oxygens (including phenoxy) is 1. The number of H-pyrrole nitrogens is 1. The van der Waals surface area contributed by atoms with Crippen LogP contribution in [-0.2, 0) is 4.79 Å². The molecule has 2 aliphatic rings. The number of benzene rings is 1. The summed E-state index contributed by atoms with van der Waals surface area (Å²) in [5.74, 6) is 1.67. The fourth-order valence-electron chi connectivity index (χ4n) is 3.96. The molecule has 1 N–H and O–H groups in total. The molecule has 7 heteroatoms. The summed E-state index contributed by atoms with van der Waals surface area (Å²) in [6.07, 6.45) is 5.38. The van der Waals surface area contributed by atoms with Gasteiger partial charge in [0.15, 0.2) is 6.19 Å². The van der Waals surface area contributed by atoms with Gasteiger partial charge in [-0.25, -0.2) is 0 Å². The second-order valence-electron chi connectivity index (χ2n) is 7.33. The Bertz CT molecular complexity index is 852. The van der Waals surface area contributed by atoms with E-state index in [0.717, 1.165) is 43.1 Å². The predicted octanol–water partition coefficient (Wildman–Crippen LogP) is 2.20. The highest BCUT2D eigenvalue weighted by atomic mass is 16.5. The van der Waals surface area contributed by atoms with Gasteiger partial charge in [-0.15, -0.1) is 0 Å². The minimum Gasteiger partial charge on any atom is -0.496 e. The summed E-state index contributed by atoms with van der Waals surface area (Å²) in [7, 11) is 1.66. The number of nitrogens with zero attached hydrogens (tertiary/aromatic N) is 4. The van der Waals surface area contributed by atoms with E-state index in [1.54, 1.807) is 18.2 Å². The molecule has 3 heterocycles. The molecule has 140 valence electrons. The molecule has 0 saturated carbocycles. The normalized spacial score (nSPS) is 19.6. The van der Waals surface area contributed by atoms with Crippen LogP contribution in [0.25, 0.3) is 11.3 Å². The maximum Gasteiger partial charge on any atom is 0.222 e. The largest absolute Gasteiger partial charge is 0.496 e. The fraction of sp³-hybridized carbons (Fsp3) is 0.450. The zero-order valence-corrected chi connectivity index (χ0v) is 15.4. The van der Waals surface area contributed by atoms with Gasteiger partial charge in [-0.1, -0.05) is 6.07 Å². The van der Waals surface area contributed by atoms with Gasteiger partial charge in [0.2, 0.25) is 5.91 Å². The summed E-state index contributed by atoms with van der Waals surface area (Å²) in [6, 6.07) is 8.10. The highest BCUT2D eigenvalue weighted by Gasteiger charge is 2.34. The van der Waals surface area contributed by atoms with E-state index in [2.05, 4.69) is 28.5 Å². The molecule has 1 atom stereocenters. The van der Waals surface area contributed by atoms with Crippen molar-refractivity contribution in [2.45, 2.75) is 18.8 Å². The Morgan fingerprint density at radius 3 is 2.89 bits per heavy atom. The van der Waals surface area contributed by atoms with E-state index in [9.17, 15) is 4.79 Å². The van der Waals surface area contributed by atoms with E-state index >= 15 is 0 Å². The standard InChI is InChI=1S/C20H23N5O2/c1-27-19-3-2-15(9-17(19)18-4-6-22-23-18)16-11-25(12-16)20(26)8-14-5-7-24(10-14)13-21/h2-4,6,9,14,16H,5,7-8,10-12H2,1H3,(H,22,23). The van der Waals surface area contributed by atoms with Crippen molar-refractivity contribution in [1.82, 2.24) is 20.0 Å². The second kappa shape index (κ2) is 7.31. The van der Waals surface area contributed by atoms with Gasteiger partial charge in [-0.05, 0) is 36.1 Å². The molecule has 0 aliphatic carbocycles. The number of carbonyl (C=O) groups excluding carboxylic acids is 1. The summed E-state index contributed by atoms with van der Waals surface area (Å²) in [5.41, 5.74) is 3.12. The lowest BCUT2D eigenvalue weighted by Gasteiger charge is -2.40. The Balaban J connectivity index is 1.37. The Morgan fingerprint density at radius 2 is 2.22 bits per heavy atom. The number of amides is 1. The quantitative estimate of drug-likeness (QED) is 0.821. The highest BCUT2D eigenvalue weighted by molar-refractivity contribution is 5.78. The van der Waals surface area contributed by atoms with Crippen LogP contribution in [0.15, 0.2) is 30.5 Å². The third-order valence-corrected chi connectivity index (χ3v) is 5.61. The van der Waals surface area contributed by atoms with Crippen LogP contribution in [0.2, 0.25) is 0 Å². The molecule has 4 rings (SSSR count). The van der Waals surface area contributed by atoms with E-state index < -0.39 is 0 Å². The third kappa shape index (κ3) is 3.47. The van der Waals surface area contributed by atoms with Crippen LogP contribution in [0.5, 0.6) is 5.75 Å². The molecule has 2 aromatic rings. The van der Waals surface area contributed by atoms with Gasteiger partial charge in [0.1, 0.15) is 5.75 Å². The van der Waals surface area contributed by atoms with E-state index in [4.69, 9.17) is 10.00 Å². The van der Waals surface area contributed by atoms with Gasteiger partial charge in [0, 0.05) is 50.3 Å². The molecular formula is C20H23N5O2. The first-order valence-electron chi connectivity index (χ1n) is 9.28. The molecule has 1 aromatic carbocycles. The average molecular weight is 365 g/mol. The number of hydrogen-bond donors (Lipinski definition) is 1. The number of likely N-dealkylation sites (tertiary alicyclic amines) is 2. The maximum atomic E-state index is 12.5. The first-order chi connectivity index (χ1) is 13.2. The number of aromatic amines is 1. The van der Waals surface area contributed by atoms with Crippen molar-refractivity contribution < 1.29 is 9.53 Å². The first-order valence-corrected chi connectivity index (χ1v) is 9.28. The van der Waals surface area contributed by atoms with Crippen LogP contribution >= 0.6 is 0 Å². The van der Waals surface area contributed by atoms with Crippen molar-refractivity contribution in [2.24, 2.45) is 5.92 Å². The monoisotopic (exact) mass is 365 g/mol. The Kier molecular flexibility index (Phi) is 4.71. The van der Waals surface area contributed by atoms with Crippen LogP contribution in [0.3, 0.4) is 0 Å². The van der Waals surface area contributed by atoms with Gasteiger partial charge >= 0.3 is 0 Å². The number of carbonyl (C=O) groups is 1. The van der Waals surface area contributed by atoms with Crippen molar-refractivity contribution in [1.29, 1.82) is 5.26 Å². The van der Waals surface area contributed by atoms with Crippen molar-refractivity contribution in [3.8, 4) is 23.2 Å². The lowest BCUT2D eigenvalue weighted by Crippen LogP contribution is -2.49. The lowest BCUT2D eigenvalue weighted by molar-refractivity contribution is -0.136. The minimum atomic E-state index is 0.207. The van der Waals surface area contributed by atoms with Gasteiger partial charge < -0.3 is 14.5 Å². The van der Waals surface area contributed by atoms with E-state index in [0.29, 0.717) is 24.8 Å². The van der Waals surface area contributed by atoms with E-state index in [1.807, 2.05) is 17.0 Å². The number of aromatic nitrogens is 2. The van der Waals surface area contributed by atoms with Gasteiger partial charge in [0.05, 0.1) is 12.8 Å². The van der Waals surface area contributed by atoms with Crippen molar-refractivity contribution in [2.75, 3.05) is 33.3 Å². The van der Waals surface area contributed by atoms with Gasteiger partial charge in [0.25, 0.3) is 0 Å². The van der Waals surface area contributed by atoms with E-state index in [1.165, 1.54) is 5.56 Å². The molecule has 0 bridgehead atoms.